The van der Waals surface area contributed by atoms with E-state index >= 15 is 0 Å². The molecule has 0 fully saturated rings. The fourth-order valence-corrected chi connectivity index (χ4v) is 4.63. The van der Waals surface area contributed by atoms with Crippen molar-refractivity contribution in [1.82, 2.24) is 0 Å². The lowest BCUT2D eigenvalue weighted by atomic mass is 10.0. The second-order valence-electron chi connectivity index (χ2n) is 7.35. The standard InChI is InChI=1S/C24H15F7OS/c1-2-3-16-6-12-4-5-14(9-21(12)33-16)24(30,31)32-15-10-17(25)22(18(26)11-15)13-7-19(27)23(29)20(28)8-13/h4-11H,2-3H2,1H3. The molecule has 4 aromatic rings. The summed E-state index contributed by atoms with van der Waals surface area (Å²) in [4.78, 5) is 1.04. The second kappa shape index (κ2) is 8.70. The fourth-order valence-electron chi connectivity index (χ4n) is 3.43. The minimum atomic E-state index is -3.92. The first-order valence-corrected chi connectivity index (χ1v) is 10.6. The molecule has 0 aliphatic rings. The maximum atomic E-state index is 14.8. The van der Waals surface area contributed by atoms with Gasteiger partial charge in [-0.05, 0) is 47.7 Å². The van der Waals surface area contributed by atoms with E-state index in [4.69, 9.17) is 0 Å². The van der Waals surface area contributed by atoms with Crippen LogP contribution < -0.4 is 4.74 Å². The summed E-state index contributed by atoms with van der Waals surface area (Å²) in [6, 6.07) is 7.58. The molecule has 1 heterocycles. The third kappa shape index (κ3) is 4.55. The predicted octanol–water partition coefficient (Wildman–Crippen LogP) is 8.34. The number of halogens is 7. The van der Waals surface area contributed by atoms with Crippen LogP contribution in [-0.2, 0) is 12.5 Å². The number of aryl methyl sites for hydroxylation is 1. The van der Waals surface area contributed by atoms with Gasteiger partial charge in [0.05, 0.1) is 11.1 Å². The first-order chi connectivity index (χ1) is 15.6. The third-order valence-corrected chi connectivity index (χ3v) is 6.10. The van der Waals surface area contributed by atoms with Gasteiger partial charge in [-0.15, -0.1) is 11.3 Å². The van der Waals surface area contributed by atoms with Crippen LogP contribution in [0.5, 0.6) is 5.75 Å². The highest BCUT2D eigenvalue weighted by Gasteiger charge is 2.35. The molecular weight excluding hydrogens is 469 g/mol. The highest BCUT2D eigenvalue weighted by atomic mass is 32.1. The zero-order valence-electron chi connectivity index (χ0n) is 17.0. The summed E-state index contributed by atoms with van der Waals surface area (Å²) in [5, 5.41) is 0.795. The quantitative estimate of drug-likeness (QED) is 0.197. The Morgan fingerprint density at radius 3 is 2.06 bits per heavy atom. The SMILES string of the molecule is CCCc1cc2ccc(C(F)(F)Oc3cc(F)c(-c4cc(F)c(F)c(F)c4)c(F)c3)cc2s1. The molecule has 0 N–H and O–H groups in total. The summed E-state index contributed by atoms with van der Waals surface area (Å²) >= 11 is 1.37. The van der Waals surface area contributed by atoms with Crippen molar-refractivity contribution in [2.24, 2.45) is 0 Å². The molecule has 0 atom stereocenters. The van der Waals surface area contributed by atoms with E-state index in [0.717, 1.165) is 29.2 Å². The normalized spacial score (nSPS) is 11.9. The van der Waals surface area contributed by atoms with Crippen LogP contribution in [0.3, 0.4) is 0 Å². The zero-order chi connectivity index (χ0) is 23.9. The highest BCUT2D eigenvalue weighted by molar-refractivity contribution is 7.19. The van der Waals surface area contributed by atoms with Gasteiger partial charge < -0.3 is 4.74 Å². The van der Waals surface area contributed by atoms with Crippen molar-refractivity contribution in [3.8, 4) is 16.9 Å². The van der Waals surface area contributed by atoms with Gasteiger partial charge in [-0.2, -0.15) is 8.78 Å². The van der Waals surface area contributed by atoms with Crippen molar-refractivity contribution in [3.05, 3.63) is 88.1 Å². The van der Waals surface area contributed by atoms with Gasteiger partial charge in [0.1, 0.15) is 17.4 Å². The number of fused-ring (bicyclic) bond motifs is 1. The predicted molar refractivity (Wildman–Crippen MR) is 112 cm³/mol. The molecule has 4 rings (SSSR count). The molecule has 33 heavy (non-hydrogen) atoms. The number of rotatable bonds is 6. The number of benzene rings is 3. The van der Waals surface area contributed by atoms with Gasteiger partial charge in [-0.3, -0.25) is 0 Å². The minimum absolute atomic E-state index is 0.401. The van der Waals surface area contributed by atoms with Crippen molar-refractivity contribution in [1.29, 1.82) is 0 Å². The molecule has 0 unspecified atom stereocenters. The summed E-state index contributed by atoms with van der Waals surface area (Å²) in [7, 11) is 0. The van der Waals surface area contributed by atoms with Gasteiger partial charge in [-0.1, -0.05) is 19.4 Å². The Balaban J connectivity index is 1.65. The summed E-state index contributed by atoms with van der Waals surface area (Å²) < 4.78 is 104. The molecule has 1 aromatic heterocycles. The highest BCUT2D eigenvalue weighted by Crippen LogP contribution is 2.38. The van der Waals surface area contributed by atoms with E-state index in [-0.39, 0.29) is 0 Å². The summed E-state index contributed by atoms with van der Waals surface area (Å²) in [6.45, 7) is 2.00. The molecule has 0 amide bonds. The number of hydrogen-bond donors (Lipinski definition) is 0. The molecule has 0 radical (unpaired) electrons. The molecule has 0 saturated heterocycles. The number of alkyl halides is 2. The Hall–Kier alpha value is -3.07. The van der Waals surface area contributed by atoms with Crippen molar-refractivity contribution < 1.29 is 35.5 Å². The van der Waals surface area contributed by atoms with Gasteiger partial charge >= 0.3 is 6.11 Å². The molecule has 172 valence electrons. The largest absolute Gasteiger partial charge is 0.429 e. The first kappa shape index (κ1) is 23.1. The summed E-state index contributed by atoms with van der Waals surface area (Å²) in [5.41, 5.74) is -2.05. The molecule has 3 aromatic carbocycles. The van der Waals surface area contributed by atoms with Crippen molar-refractivity contribution >= 4 is 21.4 Å². The molecular formula is C24H15F7OS. The lowest BCUT2D eigenvalue weighted by Gasteiger charge is -2.19. The van der Waals surface area contributed by atoms with E-state index in [1.807, 2.05) is 13.0 Å². The first-order valence-electron chi connectivity index (χ1n) is 9.82. The Kier molecular flexibility index (Phi) is 6.09. The second-order valence-corrected chi connectivity index (χ2v) is 8.52. The van der Waals surface area contributed by atoms with Gasteiger partial charge in [-0.25, -0.2) is 22.0 Å². The maximum Gasteiger partial charge on any atom is 0.426 e. The Morgan fingerprint density at radius 2 is 1.45 bits per heavy atom. The van der Waals surface area contributed by atoms with Crippen LogP contribution in [0.15, 0.2) is 48.5 Å². The van der Waals surface area contributed by atoms with Gasteiger partial charge in [0.25, 0.3) is 0 Å². The topological polar surface area (TPSA) is 9.23 Å². The lowest BCUT2D eigenvalue weighted by Crippen LogP contribution is -2.22. The van der Waals surface area contributed by atoms with E-state index < -0.39 is 57.6 Å². The Labute approximate surface area is 188 Å². The van der Waals surface area contributed by atoms with Gasteiger partial charge in [0, 0.05) is 21.7 Å². The van der Waals surface area contributed by atoms with Crippen LogP contribution in [0, 0.1) is 29.1 Å². The minimum Gasteiger partial charge on any atom is -0.429 e. The van der Waals surface area contributed by atoms with Crippen molar-refractivity contribution in [3.63, 3.8) is 0 Å². The van der Waals surface area contributed by atoms with Crippen molar-refractivity contribution in [2.75, 3.05) is 0 Å². The van der Waals surface area contributed by atoms with E-state index in [9.17, 15) is 30.7 Å². The zero-order valence-corrected chi connectivity index (χ0v) is 17.8. The fraction of sp³-hybridized carbons (Fsp3) is 0.167. The maximum absolute atomic E-state index is 14.8. The van der Waals surface area contributed by atoms with Crippen molar-refractivity contribution in [2.45, 2.75) is 25.9 Å². The summed E-state index contributed by atoms with van der Waals surface area (Å²) in [6.07, 6.45) is -2.20. The van der Waals surface area contributed by atoms with E-state index in [1.54, 1.807) is 0 Å². The van der Waals surface area contributed by atoms with Crippen LogP contribution in [0.2, 0.25) is 0 Å². The molecule has 0 aliphatic heterocycles. The van der Waals surface area contributed by atoms with Crippen LogP contribution in [-0.4, -0.2) is 0 Å². The van der Waals surface area contributed by atoms with E-state index in [1.165, 1.54) is 23.5 Å². The van der Waals surface area contributed by atoms with Gasteiger partial charge in [0.2, 0.25) is 0 Å². The van der Waals surface area contributed by atoms with Gasteiger partial charge in [0.15, 0.2) is 17.5 Å². The lowest BCUT2D eigenvalue weighted by molar-refractivity contribution is -0.185. The van der Waals surface area contributed by atoms with Crippen LogP contribution in [0.1, 0.15) is 23.8 Å². The molecule has 0 aliphatic carbocycles. The number of hydrogen-bond acceptors (Lipinski definition) is 2. The van der Waals surface area contributed by atoms with Crippen LogP contribution >= 0.6 is 11.3 Å². The monoisotopic (exact) mass is 484 g/mol. The molecule has 0 saturated carbocycles. The number of ether oxygens (including phenoxy) is 1. The smallest absolute Gasteiger partial charge is 0.426 e. The van der Waals surface area contributed by atoms with E-state index in [0.29, 0.717) is 29.0 Å². The average molecular weight is 484 g/mol. The molecule has 0 bridgehead atoms. The Bertz CT molecular complexity index is 1300. The third-order valence-electron chi connectivity index (χ3n) is 4.94. The Morgan fingerprint density at radius 1 is 0.818 bits per heavy atom. The number of thiophene rings is 1. The molecule has 0 spiro atoms. The van der Waals surface area contributed by atoms with E-state index in [2.05, 4.69) is 4.74 Å². The molecule has 1 nitrogen and oxygen atoms in total. The van der Waals surface area contributed by atoms with Crippen LogP contribution in [0.25, 0.3) is 21.2 Å². The molecule has 9 heteroatoms. The van der Waals surface area contributed by atoms with Crippen LogP contribution in [0.4, 0.5) is 30.7 Å². The summed E-state index contributed by atoms with van der Waals surface area (Å²) in [5.74, 6) is -8.76. The average Bonchev–Trinajstić information content (AvgIpc) is 3.13.